The number of hydrogen-bond donors (Lipinski definition) is 1. The minimum atomic E-state index is -0.100. The van der Waals surface area contributed by atoms with E-state index in [1.807, 2.05) is 13.1 Å². The van der Waals surface area contributed by atoms with Gasteiger partial charge in [-0.1, -0.05) is 13.0 Å². The fourth-order valence-electron chi connectivity index (χ4n) is 1.15. The Hall–Kier alpha value is -1.10. The van der Waals surface area contributed by atoms with Gasteiger partial charge in [0.15, 0.2) is 0 Å². The maximum atomic E-state index is 11.5. The summed E-state index contributed by atoms with van der Waals surface area (Å²) >= 11 is 3.30. The van der Waals surface area contributed by atoms with E-state index in [0.717, 1.165) is 4.47 Å². The maximum Gasteiger partial charge on any atom is 0.224 e. The van der Waals surface area contributed by atoms with Crippen LogP contribution < -0.4 is 5.32 Å². The summed E-state index contributed by atoms with van der Waals surface area (Å²) in [4.78, 5) is 11.5. The summed E-state index contributed by atoms with van der Waals surface area (Å²) in [6.45, 7) is 6.49. The highest BCUT2D eigenvalue weighted by molar-refractivity contribution is 9.10. The van der Waals surface area contributed by atoms with Crippen LogP contribution in [-0.2, 0) is 11.3 Å². The Morgan fingerprint density at radius 2 is 2.60 bits per heavy atom. The topological polar surface area (TPSA) is 46.9 Å². The Labute approximate surface area is 97.5 Å². The van der Waals surface area contributed by atoms with Crippen molar-refractivity contribution in [2.24, 2.45) is 5.92 Å². The summed E-state index contributed by atoms with van der Waals surface area (Å²) in [6, 6.07) is 0. The molecule has 1 aromatic rings. The standard InChI is InChI=1S/C10H14BrN3O/c1-3-4-12-10(15)8(2)6-14-7-9(11)5-13-14/h3,5,7-8H,1,4,6H2,2H3,(H,12,15)/t8-/m1/s1. The van der Waals surface area contributed by atoms with Crippen molar-refractivity contribution in [3.8, 4) is 0 Å². The number of halogens is 1. The smallest absolute Gasteiger partial charge is 0.224 e. The molecule has 15 heavy (non-hydrogen) atoms. The molecule has 4 nitrogen and oxygen atoms in total. The van der Waals surface area contributed by atoms with Crippen molar-refractivity contribution in [2.45, 2.75) is 13.5 Å². The van der Waals surface area contributed by atoms with E-state index in [1.54, 1.807) is 17.0 Å². The minimum Gasteiger partial charge on any atom is -0.352 e. The van der Waals surface area contributed by atoms with Gasteiger partial charge in [0, 0.05) is 12.7 Å². The number of carbonyl (C=O) groups is 1. The highest BCUT2D eigenvalue weighted by Gasteiger charge is 2.12. The first-order valence-electron chi connectivity index (χ1n) is 4.70. The molecule has 0 aliphatic carbocycles. The van der Waals surface area contributed by atoms with Crippen LogP contribution in [0.1, 0.15) is 6.92 Å². The molecule has 1 heterocycles. The van der Waals surface area contributed by atoms with Gasteiger partial charge >= 0.3 is 0 Å². The number of aromatic nitrogens is 2. The SMILES string of the molecule is C=CCNC(=O)[C@H](C)Cn1cc(Br)cn1. The van der Waals surface area contributed by atoms with Crippen LogP contribution in [0, 0.1) is 5.92 Å². The molecule has 0 saturated carbocycles. The maximum absolute atomic E-state index is 11.5. The third-order valence-corrected chi connectivity index (χ3v) is 2.34. The van der Waals surface area contributed by atoms with Gasteiger partial charge in [0.2, 0.25) is 5.91 Å². The second kappa shape index (κ2) is 5.70. The predicted octanol–water partition coefficient (Wildman–Crippen LogP) is 1.58. The first-order chi connectivity index (χ1) is 7.13. The molecular weight excluding hydrogens is 258 g/mol. The molecule has 1 atom stereocenters. The molecule has 0 radical (unpaired) electrons. The monoisotopic (exact) mass is 271 g/mol. The van der Waals surface area contributed by atoms with Gasteiger partial charge in [0.1, 0.15) is 0 Å². The molecule has 0 aliphatic heterocycles. The quantitative estimate of drug-likeness (QED) is 0.827. The van der Waals surface area contributed by atoms with Gasteiger partial charge in [-0.15, -0.1) is 6.58 Å². The number of nitrogens with one attached hydrogen (secondary N) is 1. The summed E-state index contributed by atoms with van der Waals surface area (Å²) in [5.74, 6) is -0.0849. The van der Waals surface area contributed by atoms with Gasteiger partial charge < -0.3 is 5.32 Å². The molecule has 1 amide bonds. The van der Waals surface area contributed by atoms with Crippen LogP contribution >= 0.6 is 15.9 Å². The average Bonchev–Trinajstić information content (AvgIpc) is 2.60. The number of hydrogen-bond acceptors (Lipinski definition) is 2. The molecule has 5 heteroatoms. The van der Waals surface area contributed by atoms with Crippen molar-refractivity contribution in [1.29, 1.82) is 0 Å². The van der Waals surface area contributed by atoms with E-state index in [4.69, 9.17) is 0 Å². The lowest BCUT2D eigenvalue weighted by atomic mass is 10.1. The Balaban J connectivity index is 2.44. The Morgan fingerprint density at radius 3 is 3.13 bits per heavy atom. The fourth-order valence-corrected chi connectivity index (χ4v) is 1.48. The number of rotatable bonds is 5. The molecule has 0 spiro atoms. The van der Waals surface area contributed by atoms with Crippen LogP contribution in [0.4, 0.5) is 0 Å². The van der Waals surface area contributed by atoms with Gasteiger partial charge in [-0.3, -0.25) is 9.48 Å². The van der Waals surface area contributed by atoms with Crippen LogP contribution in [0.3, 0.4) is 0 Å². The molecular formula is C10H14BrN3O. The number of amides is 1. The summed E-state index contributed by atoms with van der Waals surface area (Å²) in [5.41, 5.74) is 0. The highest BCUT2D eigenvalue weighted by atomic mass is 79.9. The fraction of sp³-hybridized carbons (Fsp3) is 0.400. The lowest BCUT2D eigenvalue weighted by molar-refractivity contribution is -0.124. The van der Waals surface area contributed by atoms with E-state index in [1.165, 1.54) is 0 Å². The molecule has 0 aromatic carbocycles. The number of nitrogens with zero attached hydrogens (tertiary/aromatic N) is 2. The van der Waals surface area contributed by atoms with Crippen molar-refractivity contribution in [1.82, 2.24) is 15.1 Å². The predicted molar refractivity (Wildman–Crippen MR) is 62.3 cm³/mol. The first kappa shape index (κ1) is 12.0. The van der Waals surface area contributed by atoms with Crippen molar-refractivity contribution in [2.75, 3.05) is 6.54 Å². The molecule has 0 aliphatic rings. The van der Waals surface area contributed by atoms with Gasteiger partial charge in [-0.25, -0.2) is 0 Å². The zero-order chi connectivity index (χ0) is 11.3. The minimum absolute atomic E-state index is 0.0153. The number of carbonyl (C=O) groups excluding carboxylic acids is 1. The summed E-state index contributed by atoms with van der Waals surface area (Å²) < 4.78 is 2.66. The molecule has 1 aromatic heterocycles. The van der Waals surface area contributed by atoms with Crippen molar-refractivity contribution in [3.05, 3.63) is 29.5 Å². The van der Waals surface area contributed by atoms with Crippen LogP contribution in [-0.4, -0.2) is 22.2 Å². The van der Waals surface area contributed by atoms with E-state index < -0.39 is 0 Å². The lowest BCUT2D eigenvalue weighted by Crippen LogP contribution is -2.31. The van der Waals surface area contributed by atoms with Gasteiger partial charge in [-0.05, 0) is 15.9 Å². The van der Waals surface area contributed by atoms with E-state index in [2.05, 4.69) is 32.9 Å². The van der Waals surface area contributed by atoms with Gasteiger partial charge in [0.05, 0.1) is 23.1 Å². The van der Waals surface area contributed by atoms with Crippen LogP contribution in [0.25, 0.3) is 0 Å². The van der Waals surface area contributed by atoms with Crippen molar-refractivity contribution in [3.63, 3.8) is 0 Å². The van der Waals surface area contributed by atoms with Crippen molar-refractivity contribution >= 4 is 21.8 Å². The molecule has 0 fully saturated rings. The van der Waals surface area contributed by atoms with E-state index in [0.29, 0.717) is 13.1 Å². The molecule has 1 N–H and O–H groups in total. The molecule has 0 saturated heterocycles. The Kier molecular flexibility index (Phi) is 4.55. The first-order valence-corrected chi connectivity index (χ1v) is 5.49. The Morgan fingerprint density at radius 1 is 1.87 bits per heavy atom. The normalized spacial score (nSPS) is 12.1. The van der Waals surface area contributed by atoms with Crippen molar-refractivity contribution < 1.29 is 4.79 Å². The second-order valence-corrected chi connectivity index (χ2v) is 4.23. The summed E-state index contributed by atoms with van der Waals surface area (Å²) in [7, 11) is 0. The zero-order valence-electron chi connectivity index (χ0n) is 8.61. The molecule has 82 valence electrons. The zero-order valence-corrected chi connectivity index (χ0v) is 10.2. The van der Waals surface area contributed by atoms with E-state index in [-0.39, 0.29) is 11.8 Å². The lowest BCUT2D eigenvalue weighted by Gasteiger charge is -2.10. The van der Waals surface area contributed by atoms with Gasteiger partial charge in [-0.2, -0.15) is 5.10 Å². The third kappa shape index (κ3) is 3.87. The average molecular weight is 272 g/mol. The van der Waals surface area contributed by atoms with Crippen LogP contribution in [0.15, 0.2) is 29.5 Å². The van der Waals surface area contributed by atoms with E-state index in [9.17, 15) is 4.79 Å². The molecule has 1 rings (SSSR count). The molecule has 0 bridgehead atoms. The second-order valence-electron chi connectivity index (χ2n) is 3.32. The largest absolute Gasteiger partial charge is 0.352 e. The van der Waals surface area contributed by atoms with E-state index >= 15 is 0 Å². The van der Waals surface area contributed by atoms with Gasteiger partial charge in [0.25, 0.3) is 0 Å². The van der Waals surface area contributed by atoms with Crippen LogP contribution in [0.2, 0.25) is 0 Å². The summed E-state index contributed by atoms with van der Waals surface area (Å²) in [5, 5.41) is 6.84. The summed E-state index contributed by atoms with van der Waals surface area (Å²) in [6.07, 6.45) is 5.21. The molecule has 0 unspecified atom stereocenters. The third-order valence-electron chi connectivity index (χ3n) is 1.93. The van der Waals surface area contributed by atoms with Crippen LogP contribution in [0.5, 0.6) is 0 Å². The highest BCUT2D eigenvalue weighted by Crippen LogP contribution is 2.08. The Bertz CT molecular complexity index is 348.